The third-order valence-corrected chi connectivity index (χ3v) is 2.50. The number of ether oxygens (including phenoxy) is 1. The molecule has 0 saturated carbocycles. The van der Waals surface area contributed by atoms with Gasteiger partial charge in [0, 0.05) is 0 Å². The number of hydrogen-bond donors (Lipinski definition) is 0. The van der Waals surface area contributed by atoms with Crippen LogP contribution < -0.4 is 0 Å². The smallest absolute Gasteiger partial charge is 0.337 e. The first-order chi connectivity index (χ1) is 7.15. The fourth-order valence-corrected chi connectivity index (χ4v) is 1.27. The van der Waals surface area contributed by atoms with Gasteiger partial charge in [-0.25, -0.2) is 4.79 Å². The molecule has 0 aromatic heterocycles. The van der Waals surface area contributed by atoms with Crippen LogP contribution >= 0.6 is 0 Å². The van der Waals surface area contributed by atoms with Crippen LogP contribution in [-0.2, 0) is 9.53 Å². The highest BCUT2D eigenvalue weighted by atomic mass is 16.5. The maximum absolute atomic E-state index is 11.3. The Bertz CT molecular complexity index is 219. The molecule has 0 spiro atoms. The van der Waals surface area contributed by atoms with Gasteiger partial charge in [0.1, 0.15) is 0 Å². The van der Waals surface area contributed by atoms with Gasteiger partial charge in [0.05, 0.1) is 12.2 Å². The quantitative estimate of drug-likeness (QED) is 0.348. The van der Waals surface area contributed by atoms with Crippen molar-refractivity contribution in [2.45, 2.75) is 39.5 Å². The highest BCUT2D eigenvalue weighted by Gasteiger charge is 2.10. The third-order valence-electron chi connectivity index (χ3n) is 2.50. The molecule has 15 heavy (non-hydrogen) atoms. The van der Waals surface area contributed by atoms with Crippen LogP contribution in [0.2, 0.25) is 0 Å². The van der Waals surface area contributed by atoms with Crippen LogP contribution in [0.25, 0.3) is 0 Å². The van der Waals surface area contributed by atoms with Crippen LogP contribution in [-0.4, -0.2) is 12.6 Å². The second-order valence-corrected chi connectivity index (χ2v) is 3.74. The summed E-state index contributed by atoms with van der Waals surface area (Å²) in [5, 5.41) is 0. The van der Waals surface area contributed by atoms with E-state index in [1.165, 1.54) is 18.9 Å². The van der Waals surface area contributed by atoms with Gasteiger partial charge < -0.3 is 4.74 Å². The Kier molecular flexibility index (Phi) is 7.69. The van der Waals surface area contributed by atoms with Crippen molar-refractivity contribution in [3.05, 3.63) is 24.8 Å². The maximum Gasteiger partial charge on any atom is 0.337 e. The van der Waals surface area contributed by atoms with Gasteiger partial charge in [0.2, 0.25) is 0 Å². The molecule has 0 amide bonds. The molecule has 0 aliphatic heterocycles. The lowest BCUT2D eigenvalue weighted by Gasteiger charge is -2.14. The standard InChI is InChI=1S/C13H22O2/c1-5-8-9-12(7-3)10-15-13(14)11(4)6-2/h6,12H,2,4-5,7-10H2,1,3H3. The van der Waals surface area contributed by atoms with Gasteiger partial charge in [0.25, 0.3) is 0 Å². The first-order valence-corrected chi connectivity index (χ1v) is 5.64. The Hall–Kier alpha value is -1.05. The van der Waals surface area contributed by atoms with Gasteiger partial charge in [0.15, 0.2) is 0 Å². The van der Waals surface area contributed by atoms with Gasteiger partial charge in [-0.2, -0.15) is 0 Å². The molecule has 0 N–H and O–H groups in total. The van der Waals surface area contributed by atoms with Gasteiger partial charge in [-0.3, -0.25) is 0 Å². The van der Waals surface area contributed by atoms with Gasteiger partial charge in [-0.15, -0.1) is 0 Å². The molecule has 0 rings (SSSR count). The van der Waals surface area contributed by atoms with Crippen LogP contribution in [0, 0.1) is 5.92 Å². The molecule has 0 radical (unpaired) electrons. The Morgan fingerprint density at radius 1 is 1.47 bits per heavy atom. The number of carbonyl (C=O) groups excluding carboxylic acids is 1. The van der Waals surface area contributed by atoms with E-state index in [1.807, 2.05) is 0 Å². The highest BCUT2D eigenvalue weighted by Crippen LogP contribution is 2.13. The summed E-state index contributed by atoms with van der Waals surface area (Å²) in [6.45, 7) is 11.8. The molecule has 2 nitrogen and oxygen atoms in total. The predicted molar refractivity (Wildman–Crippen MR) is 63.6 cm³/mol. The molecular formula is C13H22O2. The van der Waals surface area contributed by atoms with Crippen molar-refractivity contribution in [3.63, 3.8) is 0 Å². The van der Waals surface area contributed by atoms with E-state index in [1.54, 1.807) is 0 Å². The van der Waals surface area contributed by atoms with Crippen molar-refractivity contribution in [1.82, 2.24) is 0 Å². The highest BCUT2D eigenvalue weighted by molar-refractivity contribution is 5.90. The fourth-order valence-electron chi connectivity index (χ4n) is 1.27. The summed E-state index contributed by atoms with van der Waals surface area (Å²) in [6.07, 6.45) is 5.98. The molecule has 0 bridgehead atoms. The molecule has 2 heteroatoms. The van der Waals surface area contributed by atoms with E-state index >= 15 is 0 Å². The zero-order valence-electron chi connectivity index (χ0n) is 9.92. The van der Waals surface area contributed by atoms with Crippen molar-refractivity contribution < 1.29 is 9.53 Å². The largest absolute Gasteiger partial charge is 0.462 e. The lowest BCUT2D eigenvalue weighted by atomic mass is 10.0. The van der Waals surface area contributed by atoms with E-state index in [-0.39, 0.29) is 5.97 Å². The Morgan fingerprint density at radius 2 is 2.13 bits per heavy atom. The van der Waals surface area contributed by atoms with E-state index in [4.69, 9.17) is 4.74 Å². The van der Waals surface area contributed by atoms with Gasteiger partial charge in [-0.05, 0) is 12.3 Å². The number of carbonyl (C=O) groups is 1. The first kappa shape index (κ1) is 13.9. The van der Waals surface area contributed by atoms with Crippen molar-refractivity contribution in [3.8, 4) is 0 Å². The summed E-state index contributed by atoms with van der Waals surface area (Å²) < 4.78 is 5.14. The zero-order chi connectivity index (χ0) is 11.7. The molecule has 86 valence electrons. The number of rotatable bonds is 8. The number of unbranched alkanes of at least 4 members (excludes halogenated alkanes) is 1. The van der Waals surface area contributed by atoms with E-state index in [0.29, 0.717) is 18.1 Å². The van der Waals surface area contributed by atoms with Crippen LogP contribution in [0.15, 0.2) is 24.8 Å². The monoisotopic (exact) mass is 210 g/mol. The third kappa shape index (κ3) is 6.10. The Balaban J connectivity index is 3.84. The fraction of sp³-hybridized carbons (Fsp3) is 0.615. The summed E-state index contributed by atoms with van der Waals surface area (Å²) >= 11 is 0. The maximum atomic E-state index is 11.3. The second-order valence-electron chi connectivity index (χ2n) is 3.74. The van der Waals surface area contributed by atoms with Crippen LogP contribution in [0.1, 0.15) is 39.5 Å². The average molecular weight is 210 g/mol. The van der Waals surface area contributed by atoms with E-state index in [2.05, 4.69) is 27.0 Å². The summed E-state index contributed by atoms with van der Waals surface area (Å²) in [5.74, 6) is 0.131. The summed E-state index contributed by atoms with van der Waals surface area (Å²) in [4.78, 5) is 11.3. The van der Waals surface area contributed by atoms with Gasteiger partial charge >= 0.3 is 5.97 Å². The molecule has 0 saturated heterocycles. The molecule has 0 heterocycles. The Morgan fingerprint density at radius 3 is 2.60 bits per heavy atom. The summed E-state index contributed by atoms with van der Waals surface area (Å²) in [6, 6.07) is 0. The molecule has 0 aliphatic carbocycles. The van der Waals surface area contributed by atoms with Crippen LogP contribution in [0.3, 0.4) is 0 Å². The summed E-state index contributed by atoms with van der Waals surface area (Å²) in [7, 11) is 0. The van der Waals surface area contributed by atoms with Crippen molar-refractivity contribution in [1.29, 1.82) is 0 Å². The van der Waals surface area contributed by atoms with E-state index in [0.717, 1.165) is 12.8 Å². The average Bonchev–Trinajstić information content (AvgIpc) is 2.27. The molecule has 1 atom stereocenters. The van der Waals surface area contributed by atoms with Crippen LogP contribution in [0.4, 0.5) is 0 Å². The number of hydrogen-bond acceptors (Lipinski definition) is 2. The second kappa shape index (κ2) is 8.27. The molecule has 1 unspecified atom stereocenters. The number of esters is 1. The Labute approximate surface area is 93.0 Å². The summed E-state index contributed by atoms with van der Waals surface area (Å²) in [5.41, 5.74) is 0.334. The van der Waals surface area contributed by atoms with Gasteiger partial charge in [-0.1, -0.05) is 52.3 Å². The molecular weight excluding hydrogens is 188 g/mol. The zero-order valence-corrected chi connectivity index (χ0v) is 9.92. The van der Waals surface area contributed by atoms with Crippen LogP contribution in [0.5, 0.6) is 0 Å². The minimum absolute atomic E-state index is 0.334. The topological polar surface area (TPSA) is 26.3 Å². The minimum atomic E-state index is -0.347. The minimum Gasteiger partial charge on any atom is -0.462 e. The lowest BCUT2D eigenvalue weighted by molar-refractivity contribution is -0.140. The van der Waals surface area contributed by atoms with E-state index in [9.17, 15) is 4.79 Å². The predicted octanol–water partition coefficient (Wildman–Crippen LogP) is 3.49. The van der Waals surface area contributed by atoms with Crippen molar-refractivity contribution in [2.75, 3.05) is 6.61 Å². The van der Waals surface area contributed by atoms with Crippen molar-refractivity contribution >= 4 is 5.97 Å². The van der Waals surface area contributed by atoms with E-state index < -0.39 is 0 Å². The SMILES string of the molecule is C=CC(=C)C(=O)OCC(CC)CCCC. The molecule has 0 aromatic carbocycles. The molecule has 0 aliphatic rings. The lowest BCUT2D eigenvalue weighted by Crippen LogP contribution is -2.14. The first-order valence-electron chi connectivity index (χ1n) is 5.64. The molecule has 0 aromatic rings. The normalized spacial score (nSPS) is 11.9. The van der Waals surface area contributed by atoms with Crippen molar-refractivity contribution in [2.24, 2.45) is 5.92 Å². The molecule has 0 fully saturated rings.